The summed E-state index contributed by atoms with van der Waals surface area (Å²) >= 11 is 0. The number of ether oxygens (including phenoxy) is 2. The van der Waals surface area contributed by atoms with E-state index in [1.54, 1.807) is 6.08 Å². The predicted octanol–water partition coefficient (Wildman–Crippen LogP) is 5.63. The molecule has 1 unspecified atom stereocenters. The molecule has 0 aliphatic carbocycles. The minimum absolute atomic E-state index is 0.0343. The standard InChI is InChI=1S/C26H32N2O4/c1-4-5-6-7-8-13-25(30)32-24-18-27-26(28-19-24)23-16-14-22(15-17-23)12-10-9-11-20(2)31-21(3)29/h6-8,13-20H,4-5,9-12H2,1-3H3. The van der Waals surface area contributed by atoms with E-state index in [2.05, 4.69) is 29.0 Å². The van der Waals surface area contributed by atoms with Crippen molar-refractivity contribution in [1.82, 2.24) is 9.97 Å². The minimum atomic E-state index is -0.464. The third-order valence-electron chi connectivity index (χ3n) is 4.69. The molecule has 0 spiro atoms. The second-order valence-corrected chi connectivity index (χ2v) is 7.60. The Labute approximate surface area is 190 Å². The van der Waals surface area contributed by atoms with Crippen LogP contribution in [0.1, 0.15) is 58.4 Å². The van der Waals surface area contributed by atoms with Crippen LogP contribution in [0.3, 0.4) is 0 Å². The average molecular weight is 437 g/mol. The van der Waals surface area contributed by atoms with Crippen LogP contribution in [0.15, 0.2) is 61.0 Å². The van der Waals surface area contributed by atoms with E-state index in [-0.39, 0.29) is 12.1 Å². The Kier molecular flexibility index (Phi) is 10.9. The van der Waals surface area contributed by atoms with Crippen molar-refractivity contribution in [2.24, 2.45) is 0 Å². The summed E-state index contributed by atoms with van der Waals surface area (Å²) in [5, 5.41) is 0. The van der Waals surface area contributed by atoms with Gasteiger partial charge in [0.15, 0.2) is 11.6 Å². The van der Waals surface area contributed by atoms with Gasteiger partial charge in [-0.25, -0.2) is 14.8 Å². The molecule has 6 nitrogen and oxygen atoms in total. The normalized spacial score (nSPS) is 12.2. The van der Waals surface area contributed by atoms with Gasteiger partial charge in [0, 0.05) is 18.6 Å². The van der Waals surface area contributed by atoms with Crippen molar-refractivity contribution < 1.29 is 19.1 Å². The largest absolute Gasteiger partial charge is 0.463 e. The maximum atomic E-state index is 11.8. The van der Waals surface area contributed by atoms with E-state index in [9.17, 15) is 9.59 Å². The van der Waals surface area contributed by atoms with Gasteiger partial charge >= 0.3 is 11.9 Å². The third-order valence-corrected chi connectivity index (χ3v) is 4.69. The summed E-state index contributed by atoms with van der Waals surface area (Å²) < 4.78 is 10.4. The molecule has 0 aliphatic rings. The van der Waals surface area contributed by atoms with Crippen molar-refractivity contribution in [2.45, 2.75) is 65.4 Å². The van der Waals surface area contributed by atoms with E-state index in [4.69, 9.17) is 9.47 Å². The molecule has 0 fully saturated rings. The number of esters is 2. The van der Waals surface area contributed by atoms with Gasteiger partial charge in [0.1, 0.15) is 0 Å². The summed E-state index contributed by atoms with van der Waals surface area (Å²) in [5.74, 6) is 0.188. The molecule has 2 aromatic rings. The number of allylic oxidation sites excluding steroid dienone is 3. The van der Waals surface area contributed by atoms with Crippen LogP contribution in [-0.2, 0) is 20.7 Å². The maximum absolute atomic E-state index is 11.8. The van der Waals surface area contributed by atoms with Crippen molar-refractivity contribution in [1.29, 1.82) is 0 Å². The van der Waals surface area contributed by atoms with Crippen LogP contribution in [0.5, 0.6) is 5.75 Å². The highest BCUT2D eigenvalue weighted by Gasteiger charge is 2.07. The van der Waals surface area contributed by atoms with Gasteiger partial charge in [0.25, 0.3) is 0 Å². The Morgan fingerprint density at radius 2 is 1.78 bits per heavy atom. The van der Waals surface area contributed by atoms with Crippen LogP contribution >= 0.6 is 0 Å². The summed E-state index contributed by atoms with van der Waals surface area (Å²) in [6.45, 7) is 5.46. The smallest absolute Gasteiger partial charge is 0.336 e. The molecule has 0 saturated heterocycles. The lowest BCUT2D eigenvalue weighted by Gasteiger charge is -2.11. The first-order chi connectivity index (χ1) is 15.5. The number of carbonyl (C=O) groups excluding carboxylic acids is 2. The molecule has 1 aromatic carbocycles. The highest BCUT2D eigenvalue weighted by molar-refractivity contribution is 5.84. The van der Waals surface area contributed by atoms with E-state index >= 15 is 0 Å². The van der Waals surface area contributed by atoms with Gasteiger partial charge in [-0.1, -0.05) is 55.8 Å². The number of unbranched alkanes of at least 4 members (excludes halogenated alkanes) is 2. The topological polar surface area (TPSA) is 78.4 Å². The van der Waals surface area contributed by atoms with E-state index in [0.717, 1.165) is 44.1 Å². The summed E-state index contributed by atoms with van der Waals surface area (Å²) in [7, 11) is 0. The van der Waals surface area contributed by atoms with Gasteiger partial charge in [-0.15, -0.1) is 0 Å². The molecule has 1 aromatic heterocycles. The number of aromatic nitrogens is 2. The van der Waals surface area contributed by atoms with Crippen molar-refractivity contribution in [3.63, 3.8) is 0 Å². The van der Waals surface area contributed by atoms with Gasteiger partial charge in [0.2, 0.25) is 0 Å². The molecule has 6 heteroatoms. The molecule has 0 N–H and O–H groups in total. The van der Waals surface area contributed by atoms with Crippen molar-refractivity contribution in [2.75, 3.05) is 0 Å². The van der Waals surface area contributed by atoms with E-state index < -0.39 is 5.97 Å². The molecule has 2 rings (SSSR count). The lowest BCUT2D eigenvalue weighted by Crippen LogP contribution is -2.11. The number of hydrogen-bond donors (Lipinski definition) is 0. The molecule has 0 amide bonds. The maximum Gasteiger partial charge on any atom is 0.336 e. The lowest BCUT2D eigenvalue weighted by atomic mass is 10.0. The fourth-order valence-corrected chi connectivity index (χ4v) is 3.07. The molecule has 0 radical (unpaired) electrons. The van der Waals surface area contributed by atoms with Crippen molar-refractivity contribution in [3.8, 4) is 17.1 Å². The van der Waals surface area contributed by atoms with Crippen LogP contribution in [0.2, 0.25) is 0 Å². The SMILES string of the molecule is CCCC=CC=CC(=O)Oc1cnc(-c2ccc(CCCCC(C)OC(C)=O)cc2)nc1. The van der Waals surface area contributed by atoms with Crippen LogP contribution in [0, 0.1) is 0 Å². The van der Waals surface area contributed by atoms with Gasteiger partial charge in [-0.05, 0) is 44.6 Å². The summed E-state index contributed by atoms with van der Waals surface area (Å²) in [6, 6.07) is 8.12. The second kappa shape index (κ2) is 13.9. The molecule has 1 heterocycles. The number of carbonyl (C=O) groups is 2. The first kappa shape index (κ1) is 25.0. The summed E-state index contributed by atoms with van der Waals surface area (Å²) in [5.41, 5.74) is 2.13. The number of rotatable bonds is 12. The molecule has 0 aliphatic heterocycles. The van der Waals surface area contributed by atoms with Gasteiger partial charge in [-0.3, -0.25) is 4.79 Å². The fraction of sp³-hybridized carbons (Fsp3) is 0.385. The Morgan fingerprint density at radius 1 is 1.06 bits per heavy atom. The molecule has 1 atom stereocenters. The monoisotopic (exact) mass is 436 g/mol. The Hall–Kier alpha value is -3.28. The predicted molar refractivity (Wildman–Crippen MR) is 125 cm³/mol. The van der Waals surface area contributed by atoms with Crippen LogP contribution in [0.25, 0.3) is 11.4 Å². The van der Waals surface area contributed by atoms with Crippen molar-refractivity contribution >= 4 is 11.9 Å². The highest BCUT2D eigenvalue weighted by atomic mass is 16.5. The zero-order chi connectivity index (χ0) is 23.2. The summed E-state index contributed by atoms with van der Waals surface area (Å²) in [6.07, 6.45) is 15.7. The molecule has 0 bridgehead atoms. The van der Waals surface area contributed by atoms with E-state index in [0.29, 0.717) is 11.6 Å². The minimum Gasteiger partial charge on any atom is -0.463 e. The molecule has 32 heavy (non-hydrogen) atoms. The first-order valence-electron chi connectivity index (χ1n) is 11.1. The molecular formula is C26H32N2O4. The Morgan fingerprint density at radius 3 is 2.44 bits per heavy atom. The second-order valence-electron chi connectivity index (χ2n) is 7.60. The van der Waals surface area contributed by atoms with Gasteiger partial charge in [0.05, 0.1) is 18.5 Å². The number of nitrogens with zero attached hydrogens (tertiary/aromatic N) is 2. The van der Waals surface area contributed by atoms with Crippen LogP contribution < -0.4 is 4.74 Å². The van der Waals surface area contributed by atoms with Crippen LogP contribution in [0.4, 0.5) is 0 Å². The van der Waals surface area contributed by atoms with Gasteiger partial charge in [-0.2, -0.15) is 0 Å². The molecule has 170 valence electrons. The first-order valence-corrected chi connectivity index (χ1v) is 11.1. The lowest BCUT2D eigenvalue weighted by molar-refractivity contribution is -0.145. The average Bonchev–Trinajstić information content (AvgIpc) is 2.77. The van der Waals surface area contributed by atoms with Crippen LogP contribution in [-0.4, -0.2) is 28.0 Å². The fourth-order valence-electron chi connectivity index (χ4n) is 3.07. The number of aryl methyl sites for hydroxylation is 1. The third kappa shape index (κ3) is 9.69. The summed E-state index contributed by atoms with van der Waals surface area (Å²) in [4.78, 5) is 31.3. The molecule has 0 saturated carbocycles. The Balaban J connectivity index is 1.80. The van der Waals surface area contributed by atoms with E-state index in [1.807, 2.05) is 31.2 Å². The van der Waals surface area contributed by atoms with Crippen molar-refractivity contribution in [3.05, 3.63) is 66.5 Å². The highest BCUT2D eigenvalue weighted by Crippen LogP contribution is 2.19. The quantitative estimate of drug-likeness (QED) is 0.186. The molecular weight excluding hydrogens is 404 g/mol. The Bertz CT molecular complexity index is 902. The zero-order valence-electron chi connectivity index (χ0n) is 19.1. The zero-order valence-corrected chi connectivity index (χ0v) is 19.1. The number of benzene rings is 1. The number of hydrogen-bond acceptors (Lipinski definition) is 6. The van der Waals surface area contributed by atoms with Gasteiger partial charge < -0.3 is 9.47 Å². The van der Waals surface area contributed by atoms with E-state index in [1.165, 1.54) is 31.0 Å².